The fourth-order valence-corrected chi connectivity index (χ4v) is 2.15. The van der Waals surface area contributed by atoms with Crippen LogP contribution in [-0.4, -0.2) is 20.3 Å². The highest BCUT2D eigenvalue weighted by atomic mass is 16.5. The van der Waals surface area contributed by atoms with E-state index >= 15 is 0 Å². The molecule has 0 bridgehead atoms. The van der Waals surface area contributed by atoms with Gasteiger partial charge < -0.3 is 15.2 Å². The van der Waals surface area contributed by atoms with Gasteiger partial charge in [-0.1, -0.05) is 6.07 Å². The van der Waals surface area contributed by atoms with Gasteiger partial charge in [-0.25, -0.2) is 0 Å². The van der Waals surface area contributed by atoms with Gasteiger partial charge in [0.25, 0.3) is 0 Å². The van der Waals surface area contributed by atoms with Crippen molar-refractivity contribution in [1.82, 2.24) is 0 Å². The van der Waals surface area contributed by atoms with E-state index in [-0.39, 0.29) is 6.04 Å². The van der Waals surface area contributed by atoms with Crippen LogP contribution in [-0.2, 0) is 11.2 Å². The van der Waals surface area contributed by atoms with Gasteiger partial charge in [-0.15, -0.1) is 0 Å². The van der Waals surface area contributed by atoms with E-state index in [0.717, 1.165) is 18.6 Å². The quantitative estimate of drug-likeness (QED) is 0.791. The van der Waals surface area contributed by atoms with Crippen molar-refractivity contribution < 1.29 is 9.47 Å². The molecule has 0 amide bonds. The highest BCUT2D eigenvalue weighted by Gasteiger charge is 2.16. The molecule has 1 aromatic rings. The maximum absolute atomic E-state index is 6.09. The Kier molecular flexibility index (Phi) is 3.80. The van der Waals surface area contributed by atoms with Gasteiger partial charge in [-0.2, -0.15) is 0 Å². The average molecular weight is 221 g/mol. The monoisotopic (exact) mass is 221 g/mol. The Morgan fingerprint density at radius 3 is 3.06 bits per heavy atom. The summed E-state index contributed by atoms with van der Waals surface area (Å²) in [5.74, 6) is 0.896. The summed E-state index contributed by atoms with van der Waals surface area (Å²) in [6.07, 6.45) is 3.41. The van der Waals surface area contributed by atoms with E-state index < -0.39 is 0 Å². The topological polar surface area (TPSA) is 44.5 Å². The van der Waals surface area contributed by atoms with Crippen molar-refractivity contribution in [1.29, 1.82) is 0 Å². The molecule has 0 radical (unpaired) electrons. The van der Waals surface area contributed by atoms with Crippen LogP contribution in [0.1, 0.15) is 30.0 Å². The molecule has 88 valence electrons. The van der Waals surface area contributed by atoms with Crippen LogP contribution in [0.2, 0.25) is 0 Å². The first kappa shape index (κ1) is 11.4. The third kappa shape index (κ3) is 2.54. The van der Waals surface area contributed by atoms with E-state index in [9.17, 15) is 0 Å². The second-order valence-corrected chi connectivity index (χ2v) is 4.20. The number of ether oxygens (including phenoxy) is 2. The molecule has 0 saturated carbocycles. The lowest BCUT2D eigenvalue weighted by molar-refractivity contribution is 0.146. The van der Waals surface area contributed by atoms with E-state index in [1.807, 2.05) is 6.07 Å². The van der Waals surface area contributed by atoms with Crippen molar-refractivity contribution in [3.8, 4) is 5.75 Å². The van der Waals surface area contributed by atoms with Crippen LogP contribution < -0.4 is 10.5 Å². The van der Waals surface area contributed by atoms with Gasteiger partial charge in [0.1, 0.15) is 12.4 Å². The van der Waals surface area contributed by atoms with Crippen molar-refractivity contribution in [2.24, 2.45) is 5.73 Å². The van der Waals surface area contributed by atoms with Gasteiger partial charge in [0, 0.05) is 13.2 Å². The first-order valence-electron chi connectivity index (χ1n) is 5.81. The molecule has 0 aliphatic heterocycles. The average Bonchev–Trinajstić information content (AvgIpc) is 2.30. The summed E-state index contributed by atoms with van der Waals surface area (Å²) in [7, 11) is 1.67. The van der Waals surface area contributed by atoms with Crippen molar-refractivity contribution in [2.45, 2.75) is 25.3 Å². The highest BCUT2D eigenvalue weighted by molar-refractivity contribution is 5.39. The molecule has 1 aliphatic carbocycles. The number of hydrogen-bond acceptors (Lipinski definition) is 3. The minimum Gasteiger partial charge on any atom is -0.491 e. The Morgan fingerprint density at radius 1 is 1.38 bits per heavy atom. The summed E-state index contributed by atoms with van der Waals surface area (Å²) in [4.78, 5) is 0. The molecule has 0 aromatic heterocycles. The predicted octanol–water partition coefficient (Wildman–Crippen LogP) is 2.05. The van der Waals surface area contributed by atoms with E-state index in [4.69, 9.17) is 15.2 Å². The van der Waals surface area contributed by atoms with E-state index in [0.29, 0.717) is 13.2 Å². The fraction of sp³-hybridized carbons (Fsp3) is 0.538. The Hall–Kier alpha value is -1.06. The molecule has 1 aromatic carbocycles. The van der Waals surface area contributed by atoms with Crippen LogP contribution in [0.5, 0.6) is 5.75 Å². The summed E-state index contributed by atoms with van der Waals surface area (Å²) in [6.45, 7) is 1.20. The Labute approximate surface area is 96.5 Å². The number of methoxy groups -OCH3 is 1. The van der Waals surface area contributed by atoms with Gasteiger partial charge in [0.2, 0.25) is 0 Å². The highest BCUT2D eigenvalue weighted by Crippen LogP contribution is 2.30. The second kappa shape index (κ2) is 5.32. The van der Waals surface area contributed by atoms with Gasteiger partial charge in [0.05, 0.1) is 6.61 Å². The minimum atomic E-state index is 0.176. The largest absolute Gasteiger partial charge is 0.491 e. The van der Waals surface area contributed by atoms with Crippen molar-refractivity contribution in [3.05, 3.63) is 29.3 Å². The first-order chi connectivity index (χ1) is 7.81. The third-order valence-electron chi connectivity index (χ3n) is 3.03. The van der Waals surface area contributed by atoms with Crippen molar-refractivity contribution in [2.75, 3.05) is 20.3 Å². The lowest BCUT2D eigenvalue weighted by Gasteiger charge is -2.22. The maximum Gasteiger partial charge on any atom is 0.119 e. The number of nitrogens with two attached hydrogens (primary N) is 1. The number of hydrogen-bond donors (Lipinski definition) is 1. The fourth-order valence-electron chi connectivity index (χ4n) is 2.15. The molecule has 0 spiro atoms. The molecule has 0 unspecified atom stereocenters. The SMILES string of the molecule is COCCOc1ccc2c(c1)[C@H](N)CCC2. The zero-order valence-corrected chi connectivity index (χ0v) is 9.74. The Morgan fingerprint density at radius 2 is 2.25 bits per heavy atom. The molecule has 0 fully saturated rings. The van der Waals surface area contributed by atoms with Gasteiger partial charge in [-0.3, -0.25) is 0 Å². The molecular weight excluding hydrogens is 202 g/mol. The molecule has 3 heteroatoms. The normalized spacial score (nSPS) is 19.2. The molecular formula is C13H19NO2. The number of aryl methyl sites for hydroxylation is 1. The Balaban J connectivity index is 2.08. The van der Waals surface area contributed by atoms with E-state index in [1.165, 1.54) is 17.5 Å². The number of benzene rings is 1. The molecule has 0 heterocycles. The summed E-state index contributed by atoms with van der Waals surface area (Å²) in [5.41, 5.74) is 8.71. The molecule has 1 atom stereocenters. The maximum atomic E-state index is 6.09. The van der Waals surface area contributed by atoms with Crippen LogP contribution in [0.15, 0.2) is 18.2 Å². The molecule has 2 N–H and O–H groups in total. The van der Waals surface area contributed by atoms with E-state index in [1.54, 1.807) is 7.11 Å². The third-order valence-corrected chi connectivity index (χ3v) is 3.03. The first-order valence-corrected chi connectivity index (χ1v) is 5.81. The zero-order valence-electron chi connectivity index (χ0n) is 9.74. The van der Waals surface area contributed by atoms with Crippen LogP contribution in [0, 0.1) is 0 Å². The van der Waals surface area contributed by atoms with Crippen LogP contribution in [0.4, 0.5) is 0 Å². The summed E-state index contributed by atoms with van der Waals surface area (Å²) < 4.78 is 10.5. The summed E-state index contributed by atoms with van der Waals surface area (Å²) in [6, 6.07) is 6.41. The lowest BCUT2D eigenvalue weighted by Crippen LogP contribution is -2.17. The molecule has 1 aliphatic rings. The molecule has 0 saturated heterocycles. The number of rotatable bonds is 4. The smallest absolute Gasteiger partial charge is 0.119 e. The zero-order chi connectivity index (χ0) is 11.4. The van der Waals surface area contributed by atoms with Gasteiger partial charge >= 0.3 is 0 Å². The summed E-state index contributed by atoms with van der Waals surface area (Å²) >= 11 is 0. The molecule has 2 rings (SSSR count). The van der Waals surface area contributed by atoms with Gasteiger partial charge in [-0.05, 0) is 42.5 Å². The van der Waals surface area contributed by atoms with Crippen molar-refractivity contribution >= 4 is 0 Å². The standard InChI is InChI=1S/C13H19NO2/c1-15-7-8-16-11-6-5-10-3-2-4-13(14)12(10)9-11/h5-6,9,13H,2-4,7-8,14H2,1H3/t13-/m1/s1. The van der Waals surface area contributed by atoms with Gasteiger partial charge in [0.15, 0.2) is 0 Å². The van der Waals surface area contributed by atoms with Crippen LogP contribution in [0.25, 0.3) is 0 Å². The van der Waals surface area contributed by atoms with Crippen LogP contribution in [0.3, 0.4) is 0 Å². The van der Waals surface area contributed by atoms with Crippen molar-refractivity contribution in [3.63, 3.8) is 0 Å². The minimum absolute atomic E-state index is 0.176. The van der Waals surface area contributed by atoms with Crippen LogP contribution >= 0.6 is 0 Å². The lowest BCUT2D eigenvalue weighted by atomic mass is 9.88. The van der Waals surface area contributed by atoms with E-state index in [2.05, 4.69) is 12.1 Å². The summed E-state index contributed by atoms with van der Waals surface area (Å²) in [5, 5.41) is 0. The number of fused-ring (bicyclic) bond motifs is 1. The Bertz CT molecular complexity index is 352. The molecule has 3 nitrogen and oxygen atoms in total. The predicted molar refractivity (Wildman–Crippen MR) is 63.7 cm³/mol. The molecule has 16 heavy (non-hydrogen) atoms. The second-order valence-electron chi connectivity index (χ2n) is 4.20.